The first kappa shape index (κ1) is 9.19. The minimum absolute atomic E-state index is 0.0179. The summed E-state index contributed by atoms with van der Waals surface area (Å²) >= 11 is 0. The quantitative estimate of drug-likeness (QED) is 0.389. The van der Waals surface area contributed by atoms with Crippen LogP contribution in [0.1, 0.15) is 6.92 Å². The van der Waals surface area contributed by atoms with Crippen LogP contribution in [0.15, 0.2) is 0 Å². The van der Waals surface area contributed by atoms with E-state index in [1.165, 1.54) is 7.11 Å². The molecular weight excluding hydrogens is 158 g/mol. The van der Waals surface area contributed by atoms with Crippen molar-refractivity contribution in [2.75, 3.05) is 20.2 Å². The van der Waals surface area contributed by atoms with Crippen molar-refractivity contribution in [2.45, 2.75) is 6.92 Å². The molecule has 0 aromatic carbocycles. The smallest absolute Gasteiger partial charge is 0.322 e. The number of piperidine rings is 1. The second-order valence-electron chi connectivity index (χ2n) is 3.14. The maximum atomic E-state index is 11.4. The number of nitrogens with two attached hydrogens (primary N) is 1. The van der Waals surface area contributed by atoms with Crippen molar-refractivity contribution in [3.8, 4) is 0 Å². The molecule has 0 aromatic rings. The molecule has 1 aliphatic rings. The van der Waals surface area contributed by atoms with Gasteiger partial charge in [0.25, 0.3) is 0 Å². The van der Waals surface area contributed by atoms with E-state index in [0.29, 0.717) is 6.54 Å². The summed E-state index contributed by atoms with van der Waals surface area (Å²) in [4.78, 5) is 22.5. The predicted molar refractivity (Wildman–Crippen MR) is 41.3 cm³/mol. The van der Waals surface area contributed by atoms with E-state index < -0.39 is 11.9 Å². The molecule has 0 saturated carbocycles. The van der Waals surface area contributed by atoms with E-state index in [9.17, 15) is 9.59 Å². The average molecular weight is 172 g/mol. The largest absolute Gasteiger partial charge is 0.468 e. The van der Waals surface area contributed by atoms with E-state index in [4.69, 9.17) is 0 Å². The monoisotopic (exact) mass is 172 g/mol. The molecule has 2 atom stereocenters. The summed E-state index contributed by atoms with van der Waals surface area (Å²) in [6.07, 6.45) is 0. The lowest BCUT2D eigenvalue weighted by atomic mass is 9.90. The number of rotatable bonds is 1. The number of hydrogen-bond acceptors (Lipinski definition) is 3. The topological polar surface area (TPSA) is 60.0 Å². The number of carbonyl (C=O) groups is 2. The second-order valence-corrected chi connectivity index (χ2v) is 3.14. The first-order valence-corrected chi connectivity index (χ1v) is 4.10. The maximum absolute atomic E-state index is 11.4. The van der Waals surface area contributed by atoms with Gasteiger partial charge in [0.1, 0.15) is 0 Å². The normalized spacial score (nSPS) is 30.0. The van der Waals surface area contributed by atoms with Crippen molar-refractivity contribution < 1.29 is 19.6 Å². The summed E-state index contributed by atoms with van der Waals surface area (Å²) in [6, 6.07) is 0. The Morgan fingerprint density at radius 1 is 1.58 bits per heavy atom. The molecular formula is C8H14NO3+. The summed E-state index contributed by atoms with van der Waals surface area (Å²) in [7, 11) is 1.31. The van der Waals surface area contributed by atoms with Crippen LogP contribution in [-0.2, 0) is 14.3 Å². The zero-order chi connectivity index (χ0) is 9.14. The number of Topliss-reactive ketones (excluding diaryl/α,β-unsaturated/α-hetero) is 1. The number of esters is 1. The molecule has 1 rings (SSSR count). The van der Waals surface area contributed by atoms with Crippen LogP contribution in [0.4, 0.5) is 0 Å². The van der Waals surface area contributed by atoms with Crippen LogP contribution in [-0.4, -0.2) is 32.0 Å². The van der Waals surface area contributed by atoms with Crippen LogP contribution in [0.5, 0.6) is 0 Å². The number of ketones is 1. The van der Waals surface area contributed by atoms with Gasteiger partial charge < -0.3 is 10.1 Å². The number of methoxy groups -OCH3 is 1. The Morgan fingerprint density at radius 3 is 2.83 bits per heavy atom. The molecule has 4 heteroatoms. The van der Waals surface area contributed by atoms with E-state index in [2.05, 4.69) is 4.74 Å². The summed E-state index contributed by atoms with van der Waals surface area (Å²) in [6.45, 7) is 3.16. The molecule has 0 radical (unpaired) electrons. The summed E-state index contributed by atoms with van der Waals surface area (Å²) in [5.74, 6) is -0.950. The van der Waals surface area contributed by atoms with Gasteiger partial charge in [-0.3, -0.25) is 9.59 Å². The molecule has 0 unspecified atom stereocenters. The van der Waals surface area contributed by atoms with Crippen LogP contribution in [0.2, 0.25) is 0 Å². The number of hydrogen-bond donors (Lipinski definition) is 1. The molecule has 0 aliphatic carbocycles. The summed E-state index contributed by atoms with van der Waals surface area (Å²) in [5, 5.41) is 1.98. The Labute approximate surface area is 71.3 Å². The molecule has 1 fully saturated rings. The standard InChI is InChI=1S/C8H13NO3/c1-5-3-9-4-6(7(5)10)8(11)12-2/h5-6,9H,3-4H2,1-2H3/p+1/t5-,6+/m1/s1. The second kappa shape index (κ2) is 3.67. The van der Waals surface area contributed by atoms with Gasteiger partial charge in [0, 0.05) is 0 Å². The zero-order valence-electron chi connectivity index (χ0n) is 7.37. The lowest BCUT2D eigenvalue weighted by molar-refractivity contribution is -0.665. The molecule has 68 valence electrons. The molecule has 0 aromatic heterocycles. The third-order valence-corrected chi connectivity index (χ3v) is 2.24. The Kier molecular flexibility index (Phi) is 2.81. The van der Waals surface area contributed by atoms with Crippen molar-refractivity contribution in [3.63, 3.8) is 0 Å². The Balaban J connectivity index is 2.64. The fourth-order valence-corrected chi connectivity index (χ4v) is 1.44. The first-order chi connectivity index (χ1) is 5.66. The molecule has 0 amide bonds. The first-order valence-electron chi connectivity index (χ1n) is 4.10. The minimum atomic E-state index is -0.543. The SMILES string of the molecule is COC(=O)[C@H]1C[NH2+]C[C@@H](C)C1=O. The fraction of sp³-hybridized carbons (Fsp3) is 0.750. The van der Waals surface area contributed by atoms with E-state index in [1.54, 1.807) is 0 Å². The fourth-order valence-electron chi connectivity index (χ4n) is 1.44. The number of ether oxygens (including phenoxy) is 1. The molecule has 4 nitrogen and oxygen atoms in total. The van der Waals surface area contributed by atoms with Crippen LogP contribution >= 0.6 is 0 Å². The van der Waals surface area contributed by atoms with Gasteiger partial charge in [-0.2, -0.15) is 0 Å². The van der Waals surface area contributed by atoms with Crippen molar-refractivity contribution in [2.24, 2.45) is 11.8 Å². The molecule has 1 aliphatic heterocycles. The van der Waals surface area contributed by atoms with Gasteiger partial charge in [-0.1, -0.05) is 6.92 Å². The maximum Gasteiger partial charge on any atom is 0.322 e. The average Bonchev–Trinajstić information content (AvgIpc) is 2.08. The van der Waals surface area contributed by atoms with Crippen LogP contribution in [0, 0.1) is 11.8 Å². The van der Waals surface area contributed by atoms with E-state index in [1.807, 2.05) is 12.2 Å². The van der Waals surface area contributed by atoms with Crippen molar-refractivity contribution in [1.29, 1.82) is 0 Å². The third kappa shape index (κ3) is 1.64. The van der Waals surface area contributed by atoms with Crippen molar-refractivity contribution >= 4 is 11.8 Å². The Bertz CT molecular complexity index is 202. The van der Waals surface area contributed by atoms with Gasteiger partial charge in [-0.25, -0.2) is 0 Å². The Morgan fingerprint density at radius 2 is 2.25 bits per heavy atom. The molecule has 2 N–H and O–H groups in total. The number of carbonyl (C=O) groups excluding carboxylic acids is 2. The van der Waals surface area contributed by atoms with Crippen molar-refractivity contribution in [3.05, 3.63) is 0 Å². The van der Waals surface area contributed by atoms with Crippen LogP contribution in [0.3, 0.4) is 0 Å². The van der Waals surface area contributed by atoms with Gasteiger partial charge >= 0.3 is 5.97 Å². The van der Waals surface area contributed by atoms with Gasteiger partial charge in [-0.15, -0.1) is 0 Å². The van der Waals surface area contributed by atoms with E-state index >= 15 is 0 Å². The molecule has 12 heavy (non-hydrogen) atoms. The van der Waals surface area contributed by atoms with Crippen LogP contribution < -0.4 is 5.32 Å². The molecule has 0 bridgehead atoms. The lowest BCUT2D eigenvalue weighted by Crippen LogP contribution is -2.90. The van der Waals surface area contributed by atoms with Gasteiger partial charge in [0.05, 0.1) is 26.1 Å². The van der Waals surface area contributed by atoms with Crippen LogP contribution in [0.25, 0.3) is 0 Å². The molecule has 0 spiro atoms. The highest BCUT2D eigenvalue weighted by Gasteiger charge is 2.36. The highest BCUT2D eigenvalue weighted by atomic mass is 16.5. The van der Waals surface area contributed by atoms with Gasteiger partial charge in [0.2, 0.25) is 0 Å². The number of quaternary nitrogens is 1. The lowest BCUT2D eigenvalue weighted by Gasteiger charge is -2.21. The summed E-state index contributed by atoms with van der Waals surface area (Å²) < 4.78 is 4.53. The minimum Gasteiger partial charge on any atom is -0.468 e. The molecule has 1 saturated heterocycles. The summed E-state index contributed by atoms with van der Waals surface area (Å²) in [5.41, 5.74) is 0. The predicted octanol–water partition coefficient (Wildman–Crippen LogP) is -1.44. The molecule has 1 heterocycles. The highest BCUT2D eigenvalue weighted by Crippen LogP contribution is 2.09. The van der Waals surface area contributed by atoms with Crippen molar-refractivity contribution in [1.82, 2.24) is 0 Å². The third-order valence-electron chi connectivity index (χ3n) is 2.24. The zero-order valence-corrected chi connectivity index (χ0v) is 7.37. The van der Waals surface area contributed by atoms with E-state index in [0.717, 1.165) is 6.54 Å². The van der Waals surface area contributed by atoms with E-state index in [-0.39, 0.29) is 11.7 Å². The Hall–Kier alpha value is -0.900. The highest BCUT2D eigenvalue weighted by molar-refractivity contribution is 6.00. The van der Waals surface area contributed by atoms with Gasteiger partial charge in [0.15, 0.2) is 11.7 Å². The van der Waals surface area contributed by atoms with Gasteiger partial charge in [-0.05, 0) is 0 Å².